The zero-order valence-corrected chi connectivity index (χ0v) is 16.7. The third-order valence-electron chi connectivity index (χ3n) is 5.36. The number of nitrogens with zero attached hydrogens (tertiary/aromatic N) is 1. The first-order valence-electron chi connectivity index (χ1n) is 9.53. The number of carbonyl (C=O) groups is 2. The number of esters is 1. The van der Waals surface area contributed by atoms with E-state index in [0.717, 1.165) is 16.9 Å². The fraction of sp³-hybridized carbons (Fsp3) is 0.304. The van der Waals surface area contributed by atoms with Crippen LogP contribution >= 0.6 is 0 Å². The molecule has 6 heteroatoms. The molecule has 0 saturated heterocycles. The van der Waals surface area contributed by atoms with Crippen molar-refractivity contribution in [3.05, 3.63) is 65.4 Å². The molecule has 0 aliphatic carbocycles. The van der Waals surface area contributed by atoms with Crippen molar-refractivity contribution in [1.29, 1.82) is 0 Å². The number of ether oxygens (including phenoxy) is 3. The van der Waals surface area contributed by atoms with Gasteiger partial charge in [-0.25, -0.2) is 4.79 Å². The van der Waals surface area contributed by atoms with E-state index in [0.29, 0.717) is 30.3 Å². The fourth-order valence-corrected chi connectivity index (χ4v) is 3.84. The summed E-state index contributed by atoms with van der Waals surface area (Å²) < 4.78 is 16.1. The van der Waals surface area contributed by atoms with Gasteiger partial charge >= 0.3 is 5.97 Å². The first-order valence-corrected chi connectivity index (χ1v) is 9.53. The molecule has 6 nitrogen and oxygen atoms in total. The molecule has 150 valence electrons. The molecule has 0 fully saturated rings. The van der Waals surface area contributed by atoms with Crippen LogP contribution in [0.5, 0.6) is 11.5 Å². The molecule has 2 aliphatic heterocycles. The predicted molar refractivity (Wildman–Crippen MR) is 109 cm³/mol. The van der Waals surface area contributed by atoms with Crippen molar-refractivity contribution in [2.45, 2.75) is 19.3 Å². The molecule has 0 radical (unpaired) electrons. The molecule has 0 unspecified atom stereocenters. The van der Waals surface area contributed by atoms with E-state index in [2.05, 4.69) is 19.9 Å². The molecular weight excluding hydrogens is 370 g/mol. The molecule has 0 bridgehead atoms. The van der Waals surface area contributed by atoms with E-state index in [4.69, 9.17) is 14.2 Å². The maximum Gasteiger partial charge on any atom is 0.338 e. The monoisotopic (exact) mass is 393 g/mol. The Hall–Kier alpha value is -3.28. The lowest BCUT2D eigenvalue weighted by Crippen LogP contribution is -2.25. The molecule has 4 rings (SSSR count). The lowest BCUT2D eigenvalue weighted by molar-refractivity contribution is -0.117. The van der Waals surface area contributed by atoms with Gasteiger partial charge in [0.15, 0.2) is 23.9 Å². The number of anilines is 1. The summed E-state index contributed by atoms with van der Waals surface area (Å²) >= 11 is 0. The lowest BCUT2D eigenvalue weighted by atomic mass is 9.83. The summed E-state index contributed by atoms with van der Waals surface area (Å²) in [6.45, 7) is 4.75. The SMILES string of the molecule is CN1/C(=C\C(=O)COC(=O)c2ccc3c(c2)OCCO3)C(C)(C)c2ccccc21. The highest BCUT2D eigenvalue weighted by Gasteiger charge is 2.38. The quantitative estimate of drug-likeness (QED) is 0.585. The van der Waals surface area contributed by atoms with Crippen LogP contribution in [0.3, 0.4) is 0 Å². The van der Waals surface area contributed by atoms with Gasteiger partial charge in [0, 0.05) is 29.9 Å². The van der Waals surface area contributed by atoms with Gasteiger partial charge in [0.05, 0.1) is 5.56 Å². The molecule has 0 amide bonds. The Morgan fingerprint density at radius 1 is 1.10 bits per heavy atom. The Balaban J connectivity index is 1.45. The van der Waals surface area contributed by atoms with E-state index in [-0.39, 0.29) is 17.8 Å². The fourth-order valence-electron chi connectivity index (χ4n) is 3.84. The molecule has 2 aromatic carbocycles. The van der Waals surface area contributed by atoms with Crippen molar-refractivity contribution in [3.8, 4) is 11.5 Å². The largest absolute Gasteiger partial charge is 0.486 e. The number of ketones is 1. The molecule has 0 N–H and O–H groups in total. The van der Waals surface area contributed by atoms with E-state index in [1.807, 2.05) is 30.1 Å². The van der Waals surface area contributed by atoms with E-state index in [9.17, 15) is 9.59 Å². The number of hydrogen-bond acceptors (Lipinski definition) is 6. The summed E-state index contributed by atoms with van der Waals surface area (Å²) in [4.78, 5) is 26.9. The second-order valence-electron chi connectivity index (χ2n) is 7.63. The van der Waals surface area contributed by atoms with Crippen molar-refractivity contribution in [1.82, 2.24) is 0 Å². The standard InChI is InChI=1S/C23H23NO5/c1-23(2)17-6-4-5-7-18(17)24(3)21(23)13-16(25)14-29-22(26)15-8-9-19-20(12-15)28-11-10-27-19/h4-9,12-13H,10-11,14H2,1-3H3/b21-13-. The van der Waals surface area contributed by atoms with Gasteiger partial charge in [-0.1, -0.05) is 32.0 Å². The number of benzene rings is 2. The number of para-hydroxylation sites is 1. The van der Waals surface area contributed by atoms with Crippen LogP contribution in [0.2, 0.25) is 0 Å². The van der Waals surface area contributed by atoms with Crippen LogP contribution < -0.4 is 14.4 Å². The van der Waals surface area contributed by atoms with Gasteiger partial charge in [-0.3, -0.25) is 4.79 Å². The van der Waals surface area contributed by atoms with Crippen LogP contribution in [0.4, 0.5) is 5.69 Å². The van der Waals surface area contributed by atoms with Crippen LogP contribution in [0.1, 0.15) is 29.8 Å². The maximum absolute atomic E-state index is 12.5. The summed E-state index contributed by atoms with van der Waals surface area (Å²) in [6, 6.07) is 12.9. The number of allylic oxidation sites excluding steroid dienone is 1. The molecular formula is C23H23NO5. The van der Waals surface area contributed by atoms with Gasteiger partial charge in [0.2, 0.25) is 0 Å². The minimum Gasteiger partial charge on any atom is -0.486 e. The van der Waals surface area contributed by atoms with E-state index in [1.165, 1.54) is 0 Å². The average molecular weight is 393 g/mol. The van der Waals surface area contributed by atoms with Gasteiger partial charge in [0.25, 0.3) is 0 Å². The summed E-state index contributed by atoms with van der Waals surface area (Å²) in [5.41, 5.74) is 3.13. The molecule has 0 saturated carbocycles. The first kappa shape index (κ1) is 19.1. The minimum atomic E-state index is -0.573. The Bertz CT molecular complexity index is 1010. The Morgan fingerprint density at radius 3 is 2.59 bits per heavy atom. The molecule has 0 spiro atoms. The summed E-state index contributed by atoms with van der Waals surface area (Å²) in [5.74, 6) is 0.264. The molecule has 2 heterocycles. The third-order valence-corrected chi connectivity index (χ3v) is 5.36. The Morgan fingerprint density at radius 2 is 1.83 bits per heavy atom. The zero-order chi connectivity index (χ0) is 20.6. The van der Waals surface area contributed by atoms with Crippen LogP contribution in [0, 0.1) is 0 Å². The van der Waals surface area contributed by atoms with Gasteiger partial charge < -0.3 is 19.1 Å². The average Bonchev–Trinajstić information content (AvgIpc) is 2.92. The third kappa shape index (κ3) is 3.46. The van der Waals surface area contributed by atoms with Crippen molar-refractivity contribution in [3.63, 3.8) is 0 Å². The van der Waals surface area contributed by atoms with Gasteiger partial charge in [0.1, 0.15) is 13.2 Å². The Labute approximate surface area is 169 Å². The lowest BCUT2D eigenvalue weighted by Gasteiger charge is -2.23. The smallest absolute Gasteiger partial charge is 0.338 e. The topological polar surface area (TPSA) is 65.1 Å². The summed E-state index contributed by atoms with van der Waals surface area (Å²) in [7, 11) is 1.94. The van der Waals surface area contributed by atoms with Crippen LogP contribution in [-0.2, 0) is 14.9 Å². The normalized spacial score (nSPS) is 17.8. The summed E-state index contributed by atoms with van der Waals surface area (Å²) in [5, 5.41) is 0. The maximum atomic E-state index is 12.5. The highest BCUT2D eigenvalue weighted by molar-refractivity contribution is 5.96. The molecule has 2 aromatic rings. The second-order valence-corrected chi connectivity index (χ2v) is 7.63. The zero-order valence-electron chi connectivity index (χ0n) is 16.7. The predicted octanol–water partition coefficient (Wildman–Crippen LogP) is 3.50. The second kappa shape index (κ2) is 7.28. The number of carbonyl (C=O) groups excluding carboxylic acids is 2. The van der Waals surface area contributed by atoms with E-state index < -0.39 is 5.97 Å². The number of rotatable bonds is 4. The molecule has 2 aliphatic rings. The number of likely N-dealkylation sites (N-methyl/N-ethyl adjacent to an activating group) is 1. The van der Waals surface area contributed by atoms with Gasteiger partial charge in [-0.2, -0.15) is 0 Å². The molecule has 29 heavy (non-hydrogen) atoms. The van der Waals surface area contributed by atoms with Crippen molar-refractivity contribution in [2.75, 3.05) is 31.8 Å². The number of fused-ring (bicyclic) bond motifs is 2. The molecule has 0 aromatic heterocycles. The van der Waals surface area contributed by atoms with Crippen LogP contribution in [0.25, 0.3) is 0 Å². The summed E-state index contributed by atoms with van der Waals surface area (Å²) in [6.07, 6.45) is 1.57. The Kier molecular flexibility index (Phi) is 4.78. The van der Waals surface area contributed by atoms with Gasteiger partial charge in [-0.15, -0.1) is 0 Å². The van der Waals surface area contributed by atoms with Crippen molar-refractivity contribution < 1.29 is 23.8 Å². The first-order chi connectivity index (χ1) is 13.9. The molecule has 0 atom stereocenters. The van der Waals surface area contributed by atoms with Gasteiger partial charge in [-0.05, 0) is 29.8 Å². The van der Waals surface area contributed by atoms with E-state index >= 15 is 0 Å². The van der Waals surface area contributed by atoms with E-state index in [1.54, 1.807) is 24.3 Å². The van der Waals surface area contributed by atoms with Crippen LogP contribution in [-0.4, -0.2) is 38.6 Å². The highest BCUT2D eigenvalue weighted by Crippen LogP contribution is 2.46. The number of hydrogen-bond donors (Lipinski definition) is 0. The van der Waals surface area contributed by atoms with Crippen LogP contribution in [0.15, 0.2) is 54.2 Å². The highest BCUT2D eigenvalue weighted by atomic mass is 16.6. The van der Waals surface area contributed by atoms with Crippen molar-refractivity contribution >= 4 is 17.4 Å². The van der Waals surface area contributed by atoms with Crippen molar-refractivity contribution in [2.24, 2.45) is 0 Å². The minimum absolute atomic E-state index is 0.265.